The van der Waals surface area contributed by atoms with E-state index < -0.39 is 0 Å². The number of methoxy groups -OCH3 is 1. The summed E-state index contributed by atoms with van der Waals surface area (Å²) in [5.74, 6) is 1.05. The molecule has 2 unspecified atom stereocenters. The molecule has 0 spiro atoms. The fraction of sp³-hybridized carbons (Fsp3) is 0.500. The van der Waals surface area contributed by atoms with E-state index in [1.807, 2.05) is 6.07 Å². The van der Waals surface area contributed by atoms with Gasteiger partial charge in [-0.15, -0.1) is 0 Å². The van der Waals surface area contributed by atoms with E-state index in [9.17, 15) is 0 Å². The summed E-state index contributed by atoms with van der Waals surface area (Å²) in [6.45, 7) is 4.47. The Bertz CT molecular complexity index is 405. The molecule has 2 atom stereocenters. The van der Waals surface area contributed by atoms with Crippen LogP contribution in [-0.4, -0.2) is 43.7 Å². The lowest BCUT2D eigenvalue weighted by Gasteiger charge is -2.30. The predicted molar refractivity (Wildman–Crippen MR) is 73.7 cm³/mol. The highest BCUT2D eigenvalue weighted by Gasteiger charge is 2.30. The van der Waals surface area contributed by atoms with Gasteiger partial charge in [0.25, 0.3) is 0 Å². The molecule has 0 aliphatic carbocycles. The van der Waals surface area contributed by atoms with Crippen LogP contribution in [0, 0.1) is 0 Å². The quantitative estimate of drug-likeness (QED) is 0.856. The molecule has 18 heavy (non-hydrogen) atoms. The fourth-order valence-electron chi connectivity index (χ4n) is 2.42. The standard InChI is InChI=1S/C14H21N3O/c1-11(12-6-4-3-5-7-12)13-10-16-14(15)17(13)8-9-18-2/h3-7,11,13H,8-10H2,1-2H3,(H2,15,16). The first-order valence-corrected chi connectivity index (χ1v) is 6.34. The van der Waals surface area contributed by atoms with Crippen LogP contribution in [0.25, 0.3) is 0 Å². The summed E-state index contributed by atoms with van der Waals surface area (Å²) in [4.78, 5) is 6.52. The van der Waals surface area contributed by atoms with Crippen LogP contribution in [0.1, 0.15) is 18.4 Å². The molecule has 2 rings (SSSR count). The van der Waals surface area contributed by atoms with Crippen LogP contribution >= 0.6 is 0 Å². The van der Waals surface area contributed by atoms with Crippen molar-refractivity contribution in [2.24, 2.45) is 10.7 Å². The third-order valence-corrected chi connectivity index (χ3v) is 3.57. The lowest BCUT2D eigenvalue weighted by atomic mass is 9.93. The van der Waals surface area contributed by atoms with Crippen LogP contribution in [0.4, 0.5) is 0 Å². The smallest absolute Gasteiger partial charge is 0.191 e. The van der Waals surface area contributed by atoms with Crippen LogP contribution in [0.15, 0.2) is 35.3 Å². The van der Waals surface area contributed by atoms with E-state index in [2.05, 4.69) is 41.1 Å². The first-order chi connectivity index (χ1) is 8.74. The van der Waals surface area contributed by atoms with Crippen molar-refractivity contribution >= 4 is 5.96 Å². The van der Waals surface area contributed by atoms with Gasteiger partial charge in [0.15, 0.2) is 5.96 Å². The molecule has 2 N–H and O–H groups in total. The van der Waals surface area contributed by atoms with E-state index in [4.69, 9.17) is 10.5 Å². The second kappa shape index (κ2) is 5.87. The van der Waals surface area contributed by atoms with Gasteiger partial charge in [0.2, 0.25) is 0 Å². The number of nitrogens with two attached hydrogens (primary N) is 1. The van der Waals surface area contributed by atoms with Gasteiger partial charge in [0.1, 0.15) is 0 Å². The van der Waals surface area contributed by atoms with Crippen molar-refractivity contribution in [1.82, 2.24) is 4.90 Å². The number of aliphatic imine (C=N–C) groups is 1. The Morgan fingerprint density at radius 1 is 1.44 bits per heavy atom. The predicted octanol–water partition coefficient (Wildman–Crippen LogP) is 1.44. The van der Waals surface area contributed by atoms with E-state index in [-0.39, 0.29) is 0 Å². The zero-order valence-electron chi connectivity index (χ0n) is 11.0. The highest BCUT2D eigenvalue weighted by atomic mass is 16.5. The summed E-state index contributed by atoms with van der Waals surface area (Å²) < 4.78 is 5.13. The number of benzene rings is 1. The highest BCUT2D eigenvalue weighted by molar-refractivity contribution is 5.80. The summed E-state index contributed by atoms with van der Waals surface area (Å²) in [5.41, 5.74) is 7.27. The number of ether oxygens (including phenoxy) is 1. The van der Waals surface area contributed by atoms with Gasteiger partial charge in [0, 0.05) is 19.6 Å². The third-order valence-electron chi connectivity index (χ3n) is 3.57. The summed E-state index contributed by atoms with van der Waals surface area (Å²) in [6.07, 6.45) is 0. The SMILES string of the molecule is COCCN1C(N)=NCC1C(C)c1ccccc1. The molecular weight excluding hydrogens is 226 g/mol. The largest absolute Gasteiger partial charge is 0.383 e. The van der Waals surface area contributed by atoms with E-state index in [1.165, 1.54) is 5.56 Å². The molecule has 1 aromatic carbocycles. The maximum atomic E-state index is 5.95. The molecule has 0 radical (unpaired) electrons. The van der Waals surface area contributed by atoms with Crippen molar-refractivity contribution in [2.45, 2.75) is 18.9 Å². The third kappa shape index (κ3) is 2.64. The Kier molecular flexibility index (Phi) is 4.20. The minimum Gasteiger partial charge on any atom is -0.383 e. The monoisotopic (exact) mass is 247 g/mol. The first-order valence-electron chi connectivity index (χ1n) is 6.34. The maximum Gasteiger partial charge on any atom is 0.191 e. The molecule has 4 heteroatoms. The number of rotatable bonds is 5. The Hall–Kier alpha value is -1.55. The van der Waals surface area contributed by atoms with E-state index in [0.29, 0.717) is 24.5 Å². The zero-order chi connectivity index (χ0) is 13.0. The Morgan fingerprint density at radius 3 is 2.83 bits per heavy atom. The van der Waals surface area contributed by atoms with E-state index in [0.717, 1.165) is 13.1 Å². The van der Waals surface area contributed by atoms with Crippen LogP contribution in [0.3, 0.4) is 0 Å². The molecule has 1 aliphatic heterocycles. The molecule has 0 fully saturated rings. The summed E-state index contributed by atoms with van der Waals surface area (Å²) in [5, 5.41) is 0. The van der Waals surface area contributed by atoms with Crippen LogP contribution in [0.2, 0.25) is 0 Å². The Morgan fingerprint density at radius 2 is 2.17 bits per heavy atom. The molecule has 98 valence electrons. The van der Waals surface area contributed by atoms with Crippen molar-refractivity contribution in [1.29, 1.82) is 0 Å². The van der Waals surface area contributed by atoms with Crippen molar-refractivity contribution < 1.29 is 4.74 Å². The van der Waals surface area contributed by atoms with Gasteiger partial charge in [-0.1, -0.05) is 37.3 Å². The molecule has 1 aliphatic rings. The minimum atomic E-state index is 0.336. The molecule has 1 heterocycles. The lowest BCUT2D eigenvalue weighted by molar-refractivity contribution is 0.161. The molecule has 0 aromatic heterocycles. The normalized spacial score (nSPS) is 20.9. The average molecular weight is 247 g/mol. The minimum absolute atomic E-state index is 0.336. The van der Waals surface area contributed by atoms with Crippen molar-refractivity contribution in [3.63, 3.8) is 0 Å². The molecular formula is C14H21N3O. The van der Waals surface area contributed by atoms with Gasteiger partial charge in [-0.25, -0.2) is 0 Å². The van der Waals surface area contributed by atoms with E-state index in [1.54, 1.807) is 7.11 Å². The zero-order valence-corrected chi connectivity index (χ0v) is 11.0. The van der Waals surface area contributed by atoms with E-state index >= 15 is 0 Å². The number of hydrogen-bond donors (Lipinski definition) is 1. The average Bonchev–Trinajstić information content (AvgIpc) is 2.78. The van der Waals surface area contributed by atoms with Gasteiger partial charge >= 0.3 is 0 Å². The second-order valence-corrected chi connectivity index (χ2v) is 4.65. The van der Waals surface area contributed by atoms with Gasteiger partial charge in [0.05, 0.1) is 19.2 Å². The number of hydrogen-bond acceptors (Lipinski definition) is 4. The van der Waals surface area contributed by atoms with Crippen LogP contribution in [0.5, 0.6) is 0 Å². The second-order valence-electron chi connectivity index (χ2n) is 4.65. The molecule has 0 saturated heterocycles. The summed E-state index contributed by atoms with van der Waals surface area (Å²) >= 11 is 0. The van der Waals surface area contributed by atoms with Crippen molar-refractivity contribution in [3.8, 4) is 0 Å². The maximum absolute atomic E-state index is 5.95. The van der Waals surface area contributed by atoms with Gasteiger partial charge in [-0.3, -0.25) is 4.99 Å². The summed E-state index contributed by atoms with van der Waals surface area (Å²) in [6, 6.07) is 10.8. The molecule has 0 amide bonds. The van der Waals surface area contributed by atoms with Gasteiger partial charge in [-0.05, 0) is 5.56 Å². The van der Waals surface area contributed by atoms with Crippen LogP contribution in [-0.2, 0) is 4.74 Å². The number of nitrogens with zero attached hydrogens (tertiary/aromatic N) is 2. The van der Waals surface area contributed by atoms with Gasteiger partial charge < -0.3 is 15.4 Å². The van der Waals surface area contributed by atoms with Gasteiger partial charge in [-0.2, -0.15) is 0 Å². The Labute approximate surface area is 108 Å². The number of guanidine groups is 1. The first kappa shape index (κ1) is 12.9. The van der Waals surface area contributed by atoms with Crippen LogP contribution < -0.4 is 5.73 Å². The lowest BCUT2D eigenvalue weighted by Crippen LogP contribution is -2.44. The molecule has 1 aromatic rings. The fourth-order valence-corrected chi connectivity index (χ4v) is 2.42. The highest BCUT2D eigenvalue weighted by Crippen LogP contribution is 2.25. The topological polar surface area (TPSA) is 50.9 Å². The molecule has 0 bridgehead atoms. The van der Waals surface area contributed by atoms with Crippen molar-refractivity contribution in [3.05, 3.63) is 35.9 Å². The van der Waals surface area contributed by atoms with Crippen molar-refractivity contribution in [2.75, 3.05) is 26.8 Å². The summed E-state index contributed by atoms with van der Waals surface area (Å²) in [7, 11) is 1.71. The molecule has 0 saturated carbocycles. The Balaban J connectivity index is 2.08. The molecule has 4 nitrogen and oxygen atoms in total.